The van der Waals surface area contributed by atoms with Crippen LogP contribution in [0.1, 0.15) is 71.1 Å². The topological polar surface area (TPSA) is 9.23 Å². The molecule has 2 aliphatic carbocycles. The average Bonchev–Trinajstić information content (AvgIpc) is 2.65. The SMILES string of the molecule is CCC[C@H]1CC[C@H]([C@H]2CC[C@H](COc3cc(F)c(F)cc3F)CC2)CC1. The second kappa shape index (κ2) is 9.14. The number of hydrogen-bond donors (Lipinski definition) is 0. The number of hydrogen-bond acceptors (Lipinski definition) is 1. The average molecular weight is 368 g/mol. The van der Waals surface area contributed by atoms with Crippen LogP contribution in [0.3, 0.4) is 0 Å². The van der Waals surface area contributed by atoms with E-state index in [1.165, 1.54) is 51.4 Å². The lowest BCUT2D eigenvalue weighted by molar-refractivity contribution is 0.120. The number of ether oxygens (including phenoxy) is 1. The van der Waals surface area contributed by atoms with Crippen LogP contribution in [0.5, 0.6) is 5.75 Å². The minimum absolute atomic E-state index is 0.180. The van der Waals surface area contributed by atoms with E-state index in [2.05, 4.69) is 6.92 Å². The molecular weight excluding hydrogens is 337 g/mol. The molecule has 0 radical (unpaired) electrons. The van der Waals surface area contributed by atoms with Crippen molar-refractivity contribution < 1.29 is 17.9 Å². The van der Waals surface area contributed by atoms with Crippen LogP contribution in [0.15, 0.2) is 12.1 Å². The molecule has 0 bridgehead atoms. The molecular formula is C22H31F3O. The van der Waals surface area contributed by atoms with E-state index in [1.54, 1.807) is 0 Å². The summed E-state index contributed by atoms with van der Waals surface area (Å²) in [6, 6.07) is 1.36. The molecule has 0 atom stereocenters. The van der Waals surface area contributed by atoms with E-state index in [4.69, 9.17) is 4.74 Å². The summed E-state index contributed by atoms with van der Waals surface area (Å²) in [4.78, 5) is 0. The van der Waals surface area contributed by atoms with Gasteiger partial charge in [0.15, 0.2) is 23.2 Å². The third kappa shape index (κ3) is 4.95. The molecule has 0 N–H and O–H groups in total. The van der Waals surface area contributed by atoms with Crippen molar-refractivity contribution in [2.24, 2.45) is 23.7 Å². The van der Waals surface area contributed by atoms with E-state index in [0.717, 1.165) is 36.7 Å². The summed E-state index contributed by atoms with van der Waals surface area (Å²) in [5.41, 5.74) is 0. The summed E-state index contributed by atoms with van der Waals surface area (Å²) >= 11 is 0. The van der Waals surface area contributed by atoms with Gasteiger partial charge in [-0.3, -0.25) is 0 Å². The predicted molar refractivity (Wildman–Crippen MR) is 97.6 cm³/mol. The zero-order valence-electron chi connectivity index (χ0n) is 15.8. The Balaban J connectivity index is 1.41. The van der Waals surface area contributed by atoms with Gasteiger partial charge in [0.25, 0.3) is 0 Å². The van der Waals surface area contributed by atoms with Crippen LogP contribution in [0, 0.1) is 41.1 Å². The molecule has 2 aliphatic rings. The minimum atomic E-state index is -1.18. The van der Waals surface area contributed by atoms with Gasteiger partial charge in [0.2, 0.25) is 0 Å². The molecule has 1 nitrogen and oxygen atoms in total. The molecule has 0 saturated heterocycles. The highest BCUT2D eigenvalue weighted by Crippen LogP contribution is 2.42. The second-order valence-electron chi connectivity index (χ2n) is 8.36. The van der Waals surface area contributed by atoms with Gasteiger partial charge < -0.3 is 4.74 Å². The summed E-state index contributed by atoms with van der Waals surface area (Å²) in [6.07, 6.45) is 12.9. The zero-order chi connectivity index (χ0) is 18.5. The van der Waals surface area contributed by atoms with Gasteiger partial charge in [-0.15, -0.1) is 0 Å². The fraction of sp³-hybridized carbons (Fsp3) is 0.727. The number of rotatable bonds is 6. The van der Waals surface area contributed by atoms with Gasteiger partial charge in [0, 0.05) is 12.1 Å². The highest BCUT2D eigenvalue weighted by atomic mass is 19.2. The van der Waals surface area contributed by atoms with Gasteiger partial charge in [0.05, 0.1) is 6.61 Å². The van der Waals surface area contributed by atoms with Crippen LogP contribution in [0.25, 0.3) is 0 Å². The Bertz CT molecular complexity index is 573. The van der Waals surface area contributed by atoms with E-state index >= 15 is 0 Å². The van der Waals surface area contributed by atoms with Crippen molar-refractivity contribution in [3.8, 4) is 5.75 Å². The zero-order valence-corrected chi connectivity index (χ0v) is 15.8. The lowest BCUT2D eigenvalue weighted by atomic mass is 9.69. The standard InChI is InChI=1S/C22H31F3O/c1-2-3-15-4-8-17(9-5-15)18-10-6-16(7-11-18)14-26-22-13-20(24)19(23)12-21(22)25/h12-13,15-18H,2-11,14H2,1H3/t15-,16-,17-,18-. The molecule has 0 amide bonds. The summed E-state index contributed by atoms with van der Waals surface area (Å²) in [5, 5.41) is 0. The molecule has 0 heterocycles. The molecule has 0 aromatic heterocycles. The quantitative estimate of drug-likeness (QED) is 0.496. The lowest BCUT2D eigenvalue weighted by Crippen LogP contribution is -2.27. The van der Waals surface area contributed by atoms with E-state index < -0.39 is 17.5 Å². The van der Waals surface area contributed by atoms with Crippen molar-refractivity contribution in [1.29, 1.82) is 0 Å². The van der Waals surface area contributed by atoms with Crippen LogP contribution < -0.4 is 4.74 Å². The molecule has 146 valence electrons. The Morgan fingerprint density at radius 1 is 0.769 bits per heavy atom. The van der Waals surface area contributed by atoms with Crippen LogP contribution in [-0.4, -0.2) is 6.61 Å². The summed E-state index contributed by atoms with van der Waals surface area (Å²) in [5.74, 6) is -0.209. The van der Waals surface area contributed by atoms with Gasteiger partial charge in [-0.25, -0.2) is 13.2 Å². The summed E-state index contributed by atoms with van der Waals surface area (Å²) in [7, 11) is 0. The molecule has 0 spiro atoms. The highest BCUT2D eigenvalue weighted by Gasteiger charge is 2.31. The third-order valence-electron chi connectivity index (χ3n) is 6.60. The molecule has 2 fully saturated rings. The second-order valence-corrected chi connectivity index (χ2v) is 8.36. The van der Waals surface area contributed by atoms with Crippen molar-refractivity contribution in [2.75, 3.05) is 6.61 Å². The van der Waals surface area contributed by atoms with Crippen molar-refractivity contribution in [2.45, 2.75) is 71.1 Å². The molecule has 1 aromatic carbocycles. The van der Waals surface area contributed by atoms with Crippen molar-refractivity contribution >= 4 is 0 Å². The first-order chi connectivity index (χ1) is 12.6. The Kier molecular flexibility index (Phi) is 6.88. The fourth-order valence-corrected chi connectivity index (χ4v) is 5.01. The Morgan fingerprint density at radius 2 is 1.31 bits per heavy atom. The largest absolute Gasteiger partial charge is 0.490 e. The number of halogens is 3. The fourth-order valence-electron chi connectivity index (χ4n) is 5.01. The van der Waals surface area contributed by atoms with Gasteiger partial charge in [0.1, 0.15) is 0 Å². The first kappa shape index (κ1) is 19.6. The van der Waals surface area contributed by atoms with Gasteiger partial charge in [-0.05, 0) is 62.2 Å². The lowest BCUT2D eigenvalue weighted by Gasteiger charge is -2.37. The maximum atomic E-state index is 13.6. The molecule has 3 rings (SSSR count). The third-order valence-corrected chi connectivity index (χ3v) is 6.60. The molecule has 2 saturated carbocycles. The molecule has 0 aliphatic heterocycles. The molecule has 0 unspecified atom stereocenters. The summed E-state index contributed by atoms with van der Waals surface area (Å²) in [6.45, 7) is 2.67. The normalized spacial score (nSPS) is 29.5. The van der Waals surface area contributed by atoms with Crippen molar-refractivity contribution in [1.82, 2.24) is 0 Å². The maximum absolute atomic E-state index is 13.6. The first-order valence-electron chi connectivity index (χ1n) is 10.3. The Labute approximate surface area is 155 Å². The van der Waals surface area contributed by atoms with Crippen LogP contribution in [0.4, 0.5) is 13.2 Å². The predicted octanol–water partition coefficient (Wildman–Crippen LogP) is 6.90. The molecule has 1 aromatic rings. The van der Waals surface area contributed by atoms with Crippen molar-refractivity contribution in [3.63, 3.8) is 0 Å². The maximum Gasteiger partial charge on any atom is 0.168 e. The Morgan fingerprint density at radius 3 is 1.88 bits per heavy atom. The van der Waals surface area contributed by atoms with Crippen LogP contribution >= 0.6 is 0 Å². The van der Waals surface area contributed by atoms with E-state index in [-0.39, 0.29) is 5.75 Å². The van der Waals surface area contributed by atoms with Gasteiger partial charge >= 0.3 is 0 Å². The smallest absolute Gasteiger partial charge is 0.168 e. The molecule has 26 heavy (non-hydrogen) atoms. The molecule has 4 heteroatoms. The minimum Gasteiger partial charge on any atom is -0.490 e. The van der Waals surface area contributed by atoms with E-state index in [0.29, 0.717) is 18.6 Å². The Hall–Kier alpha value is -1.19. The van der Waals surface area contributed by atoms with E-state index in [9.17, 15) is 13.2 Å². The highest BCUT2D eigenvalue weighted by molar-refractivity contribution is 5.26. The monoisotopic (exact) mass is 368 g/mol. The number of benzene rings is 1. The first-order valence-corrected chi connectivity index (χ1v) is 10.3. The van der Waals surface area contributed by atoms with Crippen LogP contribution in [0.2, 0.25) is 0 Å². The summed E-state index contributed by atoms with van der Waals surface area (Å²) < 4.78 is 45.3. The van der Waals surface area contributed by atoms with Gasteiger partial charge in [-0.1, -0.05) is 32.6 Å². The van der Waals surface area contributed by atoms with Crippen molar-refractivity contribution in [3.05, 3.63) is 29.6 Å². The van der Waals surface area contributed by atoms with Gasteiger partial charge in [-0.2, -0.15) is 0 Å². The van der Waals surface area contributed by atoms with E-state index in [1.807, 2.05) is 0 Å². The van der Waals surface area contributed by atoms with Crippen LogP contribution in [-0.2, 0) is 0 Å².